The molecule has 0 amide bonds. The maximum Gasteiger partial charge on any atom is 0.267 e. The van der Waals surface area contributed by atoms with Crippen LogP contribution in [-0.4, -0.2) is 208 Å². The van der Waals surface area contributed by atoms with E-state index in [2.05, 4.69) is 16.7 Å². The molecule has 0 saturated carbocycles. The van der Waals surface area contributed by atoms with Gasteiger partial charge in [-0.2, -0.15) is 8.42 Å². The highest BCUT2D eigenvalue weighted by Crippen LogP contribution is 2.38. The first-order valence-electron chi connectivity index (χ1n) is 16.2. The second-order valence-electron chi connectivity index (χ2n) is 12.2. The Labute approximate surface area is 333 Å². The van der Waals surface area contributed by atoms with Crippen LogP contribution in [-0.2, 0) is 115 Å². The number of methoxy groups -OCH3 is 6. The Kier molecular flexibility index (Phi) is 18.5. The van der Waals surface area contributed by atoms with Crippen LogP contribution in [0.15, 0.2) is 0 Å². The summed E-state index contributed by atoms with van der Waals surface area (Å²) in [5.41, 5.74) is 0. The molecule has 0 radical (unpaired) electrons. The van der Waals surface area contributed by atoms with Gasteiger partial charge in [-0.05, 0) is 0 Å². The Morgan fingerprint density at radius 3 is 1.36 bits per heavy atom. The Bertz CT molecular complexity index is 1780. The smallest absolute Gasteiger partial charge is 0.267 e. The van der Waals surface area contributed by atoms with Crippen LogP contribution in [0.4, 0.5) is 0 Å². The second-order valence-corrected chi connectivity index (χ2v) is 17.1. The van der Waals surface area contributed by atoms with Gasteiger partial charge in [0, 0.05) is 48.6 Å². The topological polar surface area (TPSA) is 384 Å². The highest BCUT2D eigenvalue weighted by Gasteiger charge is 2.57. The molecule has 3 heterocycles. The van der Waals surface area contributed by atoms with Gasteiger partial charge in [0.15, 0.2) is 18.9 Å². The van der Waals surface area contributed by atoms with Crippen LogP contribution < -0.4 is 5.11 Å². The average molecular weight is 931 g/mol. The predicted octanol–water partition coefficient (Wildman–Crippen LogP) is -6.21. The number of carboxylic acids is 1. The Hall–Kier alpha value is -1.45. The van der Waals surface area contributed by atoms with Gasteiger partial charge in [0.25, 0.3) is 10.1 Å². The summed E-state index contributed by atoms with van der Waals surface area (Å²) in [5.74, 6) is -5.34. The normalized spacial score (nSPS) is 36.8. The molecule has 3 saturated heterocycles. The minimum atomic E-state index is -5.72. The molecule has 0 aliphatic carbocycles. The molecule has 58 heavy (non-hydrogen) atoms. The van der Waals surface area contributed by atoms with Gasteiger partial charge in [-0.25, -0.2) is 25.3 Å². The fraction of sp³-hybridized carbons (Fsp3) is 0.962. The van der Waals surface area contributed by atoms with E-state index >= 15 is 0 Å². The maximum absolute atomic E-state index is 12.8. The van der Waals surface area contributed by atoms with Gasteiger partial charge in [0.2, 0.25) is 31.2 Å². The number of aliphatic carboxylic acids is 1. The molecule has 3 rings (SSSR count). The fourth-order valence-corrected chi connectivity index (χ4v) is 8.65. The third-order valence-corrected chi connectivity index (χ3v) is 11.5. The fourth-order valence-electron chi connectivity index (χ4n) is 6.56. The van der Waals surface area contributed by atoms with Gasteiger partial charge < -0.3 is 75.7 Å². The Morgan fingerprint density at radius 1 is 0.517 bits per heavy atom. The molecule has 0 spiro atoms. The molecule has 0 aromatic rings. The van der Waals surface area contributed by atoms with E-state index in [1.165, 1.54) is 21.3 Å². The first kappa shape index (κ1) is 50.9. The van der Waals surface area contributed by atoms with Crippen LogP contribution in [0.1, 0.15) is 0 Å². The molecule has 0 aromatic carbocycles. The van der Waals surface area contributed by atoms with E-state index in [1.807, 2.05) is 0 Å². The molecule has 28 nitrogen and oxygen atoms in total. The summed E-state index contributed by atoms with van der Waals surface area (Å²) in [4.78, 5) is 12.7. The SMILES string of the molecule is CO[C@H]1O[C@H](COS(=O)(=O)[O-])[C@@H](O[C@@H]2O[C@H](C(=O)[O-])[C@@H](O[C@H]3O[C@H](COS(=O)(=O)[O-])[C@@H](OC)[C@H](OC)[C@H]3OC)[C@H](OC)[C@H]2OC)[C@H](CS(=O)(=O)OC)[C@H]1OS(=O)(=O)[O-]. The third kappa shape index (κ3) is 13.5. The van der Waals surface area contributed by atoms with Crippen molar-refractivity contribution in [1.29, 1.82) is 0 Å². The number of hydrogen-bond donors (Lipinski definition) is 0. The number of ether oxygens (including phenoxy) is 11. The van der Waals surface area contributed by atoms with Crippen molar-refractivity contribution < 1.29 is 126 Å². The molecular weight excluding hydrogens is 889 g/mol. The molecule has 15 atom stereocenters. The van der Waals surface area contributed by atoms with E-state index in [0.717, 1.165) is 21.3 Å². The van der Waals surface area contributed by atoms with Crippen molar-refractivity contribution in [3.8, 4) is 0 Å². The molecule has 3 aliphatic heterocycles. The lowest BCUT2D eigenvalue weighted by Gasteiger charge is -2.51. The van der Waals surface area contributed by atoms with Gasteiger partial charge >= 0.3 is 0 Å². The van der Waals surface area contributed by atoms with Gasteiger partial charge in [-0.3, -0.25) is 16.7 Å². The summed E-state index contributed by atoms with van der Waals surface area (Å²) < 4.78 is 208. The lowest BCUT2D eigenvalue weighted by atomic mass is 9.90. The molecule has 0 unspecified atom stereocenters. The number of hydrogen-bond acceptors (Lipinski definition) is 28. The Balaban J connectivity index is 2.12. The molecule has 0 bridgehead atoms. The van der Waals surface area contributed by atoms with Crippen molar-refractivity contribution in [3.63, 3.8) is 0 Å². The Morgan fingerprint density at radius 2 is 0.948 bits per heavy atom. The van der Waals surface area contributed by atoms with Crippen LogP contribution in [0.5, 0.6) is 0 Å². The van der Waals surface area contributed by atoms with Gasteiger partial charge in [-0.1, -0.05) is 0 Å². The quantitative estimate of drug-likeness (QED) is 0.0554. The molecule has 0 N–H and O–H groups in total. The lowest BCUT2D eigenvalue weighted by molar-refractivity contribution is -0.390. The van der Waals surface area contributed by atoms with Gasteiger partial charge in [-0.15, -0.1) is 0 Å². The lowest BCUT2D eigenvalue weighted by Crippen LogP contribution is -2.69. The van der Waals surface area contributed by atoms with Crippen LogP contribution in [0, 0.1) is 5.92 Å². The zero-order valence-electron chi connectivity index (χ0n) is 31.3. The third-order valence-electron chi connectivity index (χ3n) is 8.91. The van der Waals surface area contributed by atoms with Crippen molar-refractivity contribution >= 4 is 47.3 Å². The van der Waals surface area contributed by atoms with Crippen LogP contribution in [0.25, 0.3) is 0 Å². The molecule has 3 fully saturated rings. The first-order chi connectivity index (χ1) is 26.9. The molecule has 32 heteroatoms. The zero-order valence-corrected chi connectivity index (χ0v) is 34.6. The number of carbonyl (C=O) groups is 1. The van der Waals surface area contributed by atoms with E-state index < -0.39 is 158 Å². The second kappa shape index (κ2) is 21.1. The van der Waals surface area contributed by atoms with Gasteiger partial charge in [0.1, 0.15) is 61.0 Å². The first-order valence-corrected chi connectivity index (χ1v) is 21.7. The molecule has 3 aliphatic rings. The van der Waals surface area contributed by atoms with E-state index in [4.69, 9.17) is 52.1 Å². The minimum Gasteiger partial charge on any atom is -0.726 e. The molecule has 0 aromatic heterocycles. The van der Waals surface area contributed by atoms with Gasteiger partial charge in [0.05, 0.1) is 38.1 Å². The van der Waals surface area contributed by atoms with Crippen molar-refractivity contribution in [3.05, 3.63) is 0 Å². The number of rotatable bonds is 22. The standard InChI is InChI=1S/C26H46O28S4/c1-40-16-13(9-48-57(34,35)36)50-25(21(43-4)17(16)41-2)52-19-18(42-3)22(44-5)26(53-20(19)23(27)28)51-14-11(10-55(29,30)46-7)15(54-58(37,38)39)24(45-6)49-12(14)8-47-56(31,32)33/h11-22,24-26H,8-10H2,1-7H3,(H,27,28)(H,31,32,33)(H,34,35,36)(H,37,38,39)/p-4/t11-,12+,13+,14-,15+,16+,17-,18-,19-,20-,21+,22+,24-,25+,26+/m0/s1. The van der Waals surface area contributed by atoms with Crippen LogP contribution >= 0.6 is 0 Å². The van der Waals surface area contributed by atoms with Crippen molar-refractivity contribution in [2.45, 2.75) is 86.0 Å². The zero-order chi connectivity index (χ0) is 44.0. The summed E-state index contributed by atoms with van der Waals surface area (Å²) in [6.45, 7) is -2.23. The number of carbonyl (C=O) groups excluding carboxylic acids is 1. The van der Waals surface area contributed by atoms with Crippen LogP contribution in [0.2, 0.25) is 0 Å². The predicted molar refractivity (Wildman–Crippen MR) is 172 cm³/mol. The summed E-state index contributed by atoms with van der Waals surface area (Å²) in [6, 6.07) is 0. The monoisotopic (exact) mass is 930 g/mol. The highest BCUT2D eigenvalue weighted by atomic mass is 32.3. The average Bonchev–Trinajstić information content (AvgIpc) is 3.12. The van der Waals surface area contributed by atoms with E-state index in [0.29, 0.717) is 7.11 Å². The highest BCUT2D eigenvalue weighted by molar-refractivity contribution is 7.86. The minimum absolute atomic E-state index is 0.706. The largest absolute Gasteiger partial charge is 0.726 e. The molecular formula is C26H42O28S4-4. The van der Waals surface area contributed by atoms with E-state index in [1.54, 1.807) is 0 Å². The summed E-state index contributed by atoms with van der Waals surface area (Å²) in [7, 11) is -14.0. The van der Waals surface area contributed by atoms with Crippen molar-refractivity contribution in [2.24, 2.45) is 5.92 Å². The summed E-state index contributed by atoms with van der Waals surface area (Å²) >= 11 is 0. The van der Waals surface area contributed by atoms with E-state index in [-0.39, 0.29) is 0 Å². The van der Waals surface area contributed by atoms with Crippen molar-refractivity contribution in [2.75, 3.05) is 68.7 Å². The van der Waals surface area contributed by atoms with Crippen LogP contribution in [0.3, 0.4) is 0 Å². The summed E-state index contributed by atoms with van der Waals surface area (Å²) in [5, 5.41) is 12.7. The van der Waals surface area contributed by atoms with E-state index in [9.17, 15) is 57.2 Å². The summed E-state index contributed by atoms with van der Waals surface area (Å²) in [6.07, 6.45) is -24.8. The number of carboxylic acid groups (broad SMARTS) is 1. The molecule has 342 valence electrons. The van der Waals surface area contributed by atoms with Crippen molar-refractivity contribution in [1.82, 2.24) is 0 Å². The maximum atomic E-state index is 12.8.